The maximum absolute atomic E-state index is 13.6. The second-order valence-electron chi connectivity index (χ2n) is 13.9. The van der Waals surface area contributed by atoms with E-state index in [2.05, 4.69) is 13.2 Å². The van der Waals surface area contributed by atoms with Crippen molar-refractivity contribution in [2.24, 2.45) is 0 Å². The number of rotatable bonds is 20. The van der Waals surface area contributed by atoms with E-state index in [0.717, 1.165) is 12.2 Å². The van der Waals surface area contributed by atoms with Gasteiger partial charge in [-0.1, -0.05) is 13.2 Å². The van der Waals surface area contributed by atoms with E-state index in [0.29, 0.717) is 0 Å². The number of fused-ring (bicyclic) bond motifs is 1. The zero-order chi connectivity index (χ0) is 47.3. The van der Waals surface area contributed by atoms with E-state index in [1.165, 1.54) is 72.8 Å². The number of carbonyl (C=O) groups excluding carboxylic acids is 6. The van der Waals surface area contributed by atoms with Crippen LogP contribution < -0.4 is 37.9 Å². The molecule has 4 aromatic rings. The van der Waals surface area contributed by atoms with Gasteiger partial charge in [0.2, 0.25) is 0 Å². The smallest absolute Gasteiger partial charge is 0.347 e. The molecule has 66 heavy (non-hydrogen) atoms. The number of carbonyl (C=O) groups is 6. The first-order valence-corrected chi connectivity index (χ1v) is 20.7. The second kappa shape index (κ2) is 22.3. The zero-order valence-corrected chi connectivity index (χ0v) is 36.4. The molecule has 0 unspecified atom stereocenters. The minimum Gasteiger partial charge on any atom is -0.493 e. The molecule has 2 fully saturated rings. The van der Waals surface area contributed by atoms with Gasteiger partial charge in [0.15, 0.2) is 12.2 Å². The van der Waals surface area contributed by atoms with Gasteiger partial charge in [-0.25, -0.2) is 28.8 Å². The molecule has 2 aliphatic rings. The number of esters is 6. The fourth-order valence-electron chi connectivity index (χ4n) is 6.71. The van der Waals surface area contributed by atoms with Gasteiger partial charge in [-0.3, -0.25) is 0 Å². The normalized spacial score (nSPS) is 17.0. The van der Waals surface area contributed by atoms with Crippen LogP contribution >= 0.6 is 0 Å². The molecular weight excluding hydrogens is 865 g/mol. The Kier molecular flexibility index (Phi) is 16.1. The Morgan fingerprint density at radius 1 is 0.470 bits per heavy atom. The summed E-state index contributed by atoms with van der Waals surface area (Å²) < 4.78 is 67.6. The summed E-state index contributed by atoms with van der Waals surface area (Å²) in [7, 11) is 0. The minimum absolute atomic E-state index is 0.0289. The van der Waals surface area contributed by atoms with E-state index in [9.17, 15) is 28.8 Å². The fourth-order valence-corrected chi connectivity index (χ4v) is 6.71. The third-order valence-electron chi connectivity index (χ3n) is 9.56. The van der Waals surface area contributed by atoms with Crippen LogP contribution in [-0.4, -0.2) is 99.9 Å². The second-order valence-corrected chi connectivity index (χ2v) is 13.9. The molecule has 0 saturated carbocycles. The lowest BCUT2D eigenvalue weighted by molar-refractivity contribution is -0.129. The van der Waals surface area contributed by atoms with Crippen molar-refractivity contribution in [3.05, 3.63) is 120 Å². The summed E-state index contributed by atoms with van der Waals surface area (Å²) in [5.41, 5.74) is 0.155. The Morgan fingerprint density at radius 3 is 1.05 bits per heavy atom. The average Bonchev–Trinajstić information content (AvgIpc) is 3.89. The summed E-state index contributed by atoms with van der Waals surface area (Å²) >= 11 is 0. The molecule has 346 valence electrons. The van der Waals surface area contributed by atoms with E-state index in [1.54, 1.807) is 27.7 Å². The Hall–Kier alpha value is -7.70. The number of benzene rings is 4. The maximum Gasteiger partial charge on any atom is 0.347 e. The van der Waals surface area contributed by atoms with Crippen molar-refractivity contribution in [3.63, 3.8) is 0 Å². The van der Waals surface area contributed by atoms with E-state index in [-0.39, 0.29) is 108 Å². The first kappa shape index (κ1) is 47.8. The van der Waals surface area contributed by atoms with E-state index >= 15 is 0 Å². The predicted octanol–water partition coefficient (Wildman–Crippen LogP) is 6.45. The van der Waals surface area contributed by atoms with Gasteiger partial charge < -0.3 is 56.8 Å². The highest BCUT2D eigenvalue weighted by Crippen LogP contribution is 2.35. The molecule has 0 radical (unpaired) electrons. The van der Waals surface area contributed by atoms with Gasteiger partial charge >= 0.3 is 35.8 Å². The molecule has 2 aliphatic heterocycles. The largest absolute Gasteiger partial charge is 0.493 e. The molecule has 2 saturated heterocycles. The van der Waals surface area contributed by atoms with Crippen LogP contribution in [0.15, 0.2) is 98.1 Å². The van der Waals surface area contributed by atoms with Gasteiger partial charge in [-0.15, -0.1) is 0 Å². The molecular formula is C48H46O18. The molecule has 2 heterocycles. The van der Waals surface area contributed by atoms with Crippen LogP contribution in [0.3, 0.4) is 0 Å². The monoisotopic (exact) mass is 910 g/mol. The molecule has 18 heteroatoms. The minimum atomic E-state index is -0.890. The van der Waals surface area contributed by atoms with Crippen molar-refractivity contribution in [3.8, 4) is 46.0 Å². The van der Waals surface area contributed by atoms with Crippen molar-refractivity contribution in [2.45, 2.75) is 52.1 Å². The summed E-state index contributed by atoms with van der Waals surface area (Å²) in [5.74, 6) is -3.77. The Labute approximate surface area is 378 Å². The van der Waals surface area contributed by atoms with Gasteiger partial charge in [-0.2, -0.15) is 0 Å². The van der Waals surface area contributed by atoms with Crippen molar-refractivity contribution in [2.75, 3.05) is 39.6 Å². The molecule has 0 N–H and O–H groups in total. The van der Waals surface area contributed by atoms with Gasteiger partial charge in [0, 0.05) is 36.4 Å². The molecule has 0 bridgehead atoms. The van der Waals surface area contributed by atoms with E-state index in [1.807, 2.05) is 0 Å². The van der Waals surface area contributed by atoms with E-state index in [4.69, 9.17) is 56.8 Å². The average molecular weight is 911 g/mol. The molecule has 0 aliphatic carbocycles. The molecule has 6 rings (SSSR count). The third kappa shape index (κ3) is 11.5. The quantitative estimate of drug-likeness (QED) is 0.0529. The van der Waals surface area contributed by atoms with Crippen LogP contribution in [0.5, 0.6) is 46.0 Å². The van der Waals surface area contributed by atoms with Crippen molar-refractivity contribution >= 4 is 35.8 Å². The maximum atomic E-state index is 13.6. The molecule has 18 nitrogen and oxygen atoms in total. The van der Waals surface area contributed by atoms with Crippen LogP contribution in [0.4, 0.5) is 0 Å². The van der Waals surface area contributed by atoms with Gasteiger partial charge in [0.1, 0.15) is 80.5 Å². The highest BCUT2D eigenvalue weighted by Gasteiger charge is 2.51. The number of hydrogen-bond donors (Lipinski definition) is 0. The van der Waals surface area contributed by atoms with E-state index < -0.39 is 60.2 Å². The highest BCUT2D eigenvalue weighted by molar-refractivity contribution is 5.97. The molecule has 4 aromatic carbocycles. The third-order valence-corrected chi connectivity index (χ3v) is 9.56. The van der Waals surface area contributed by atoms with Gasteiger partial charge in [0.05, 0.1) is 39.6 Å². The van der Waals surface area contributed by atoms with Crippen LogP contribution in [0, 0.1) is 0 Å². The first-order valence-electron chi connectivity index (χ1n) is 20.7. The van der Waals surface area contributed by atoms with Crippen LogP contribution in [0.1, 0.15) is 69.1 Å². The highest BCUT2D eigenvalue weighted by atomic mass is 16.7. The number of ether oxygens (including phenoxy) is 12. The summed E-state index contributed by atoms with van der Waals surface area (Å²) in [6, 6.07) is 16.6. The topological polar surface area (TPSA) is 213 Å². The lowest BCUT2D eigenvalue weighted by Crippen LogP contribution is -2.36. The first-order chi connectivity index (χ1) is 31.9. The summed E-state index contributed by atoms with van der Waals surface area (Å²) in [6.07, 6.45) is -1.35. The van der Waals surface area contributed by atoms with Crippen molar-refractivity contribution in [1.29, 1.82) is 0 Å². The Morgan fingerprint density at radius 2 is 0.758 bits per heavy atom. The van der Waals surface area contributed by atoms with Crippen LogP contribution in [0.25, 0.3) is 0 Å². The zero-order valence-electron chi connectivity index (χ0n) is 36.4. The lowest BCUT2D eigenvalue weighted by Gasteiger charge is -2.19. The van der Waals surface area contributed by atoms with Gasteiger partial charge in [-0.05, 0) is 76.2 Å². The Balaban J connectivity index is 1.08. The lowest BCUT2D eigenvalue weighted by atomic mass is 10.1. The van der Waals surface area contributed by atoms with Crippen LogP contribution in [0.2, 0.25) is 0 Å². The summed E-state index contributed by atoms with van der Waals surface area (Å²) in [5, 5.41) is 0. The number of hydrogen-bond acceptors (Lipinski definition) is 18. The SMILES string of the molecule is C=CC(=O)Oc1ccc(C(=O)Oc2ccc(C(=O)O[C@@H]3CO[C@H]4[C@@H]3OC[C@H]4OC(=O)c3ccc(OC(=O)c4ccc(OC(=O)C=C)cc4OCC)cc3OCC)c(OCC)c2)c(OCC)c1. The fraction of sp³-hybridized carbons (Fsp3) is 0.292. The molecule has 0 spiro atoms. The summed E-state index contributed by atoms with van der Waals surface area (Å²) in [6.45, 7) is 14.2. The van der Waals surface area contributed by atoms with Crippen molar-refractivity contribution < 1.29 is 85.6 Å². The molecule has 4 atom stereocenters. The standard InChI is InChI=1S/C48H46O18/c1-7-41(49)61-27-13-17-31(35(21-27)55-9-3)45(51)63-29-15-19-33(37(23-29)57-11-5)47(53)65-39-25-59-44-40(26-60-43(39)44)66-48(54)34-20-16-30(24-38(34)58-12-6)64-46(52)32-18-14-28(62-42(50)8-2)22-36(32)56-10-4/h7-8,13-24,39-40,43-44H,1-2,9-12,25-26H2,3-6H3/t39-,40-,43-,44-/m1/s1. The van der Waals surface area contributed by atoms with Crippen LogP contribution in [-0.2, 0) is 28.5 Å². The molecule has 0 amide bonds. The summed E-state index contributed by atoms with van der Waals surface area (Å²) in [4.78, 5) is 77.0. The van der Waals surface area contributed by atoms with Gasteiger partial charge in [0.25, 0.3) is 0 Å². The predicted molar refractivity (Wildman–Crippen MR) is 230 cm³/mol. The Bertz CT molecular complexity index is 2320. The van der Waals surface area contributed by atoms with Crippen molar-refractivity contribution in [1.82, 2.24) is 0 Å². The molecule has 0 aromatic heterocycles.